The minimum atomic E-state index is -0.448. The minimum Gasteiger partial charge on any atom is -0.489 e. The molecule has 0 radical (unpaired) electrons. The lowest BCUT2D eigenvalue weighted by atomic mass is 10.1. The summed E-state index contributed by atoms with van der Waals surface area (Å²) in [7, 11) is 0. The highest BCUT2D eigenvalue weighted by Crippen LogP contribution is 2.31. The first kappa shape index (κ1) is 22.3. The predicted octanol–water partition coefficient (Wildman–Crippen LogP) is 4.89. The SMILES string of the molecule is CCOC(=O)CCc1cc2cc(-c3noc(-c4ccc(OC(C)C)c(N)c4)n3)cc(F)c2[nH]1. The van der Waals surface area contributed by atoms with Crippen molar-refractivity contribution < 1.29 is 23.2 Å². The minimum absolute atomic E-state index is 0.00270. The fourth-order valence-corrected chi connectivity index (χ4v) is 3.49. The van der Waals surface area contributed by atoms with Gasteiger partial charge >= 0.3 is 5.97 Å². The number of fused-ring (bicyclic) bond motifs is 1. The number of aromatic amines is 1. The number of ether oxygens (including phenoxy) is 2. The van der Waals surface area contributed by atoms with Crippen molar-refractivity contribution in [3.05, 3.63) is 47.9 Å². The molecule has 0 amide bonds. The molecular formula is C24H25FN4O4. The monoisotopic (exact) mass is 452 g/mol. The van der Waals surface area contributed by atoms with Crippen LogP contribution >= 0.6 is 0 Å². The predicted molar refractivity (Wildman–Crippen MR) is 122 cm³/mol. The van der Waals surface area contributed by atoms with Gasteiger partial charge in [-0.15, -0.1) is 0 Å². The van der Waals surface area contributed by atoms with Gasteiger partial charge < -0.3 is 24.7 Å². The molecule has 0 unspecified atom stereocenters. The van der Waals surface area contributed by atoms with E-state index in [0.29, 0.717) is 46.5 Å². The van der Waals surface area contributed by atoms with E-state index in [0.717, 1.165) is 5.69 Å². The summed E-state index contributed by atoms with van der Waals surface area (Å²) in [5, 5.41) is 4.65. The summed E-state index contributed by atoms with van der Waals surface area (Å²) >= 11 is 0. The Morgan fingerprint density at radius 2 is 2.03 bits per heavy atom. The summed E-state index contributed by atoms with van der Waals surface area (Å²) in [6.07, 6.45) is 0.636. The number of esters is 1. The van der Waals surface area contributed by atoms with Crippen molar-refractivity contribution in [2.24, 2.45) is 0 Å². The van der Waals surface area contributed by atoms with Crippen LogP contribution in [-0.2, 0) is 16.0 Å². The molecule has 2 aromatic carbocycles. The first-order chi connectivity index (χ1) is 15.8. The molecule has 2 heterocycles. The Hall–Kier alpha value is -3.88. The molecule has 172 valence electrons. The lowest BCUT2D eigenvalue weighted by Gasteiger charge is -2.12. The molecule has 4 rings (SSSR count). The summed E-state index contributed by atoms with van der Waals surface area (Å²) in [6, 6.07) is 10.1. The summed E-state index contributed by atoms with van der Waals surface area (Å²) < 4.78 is 30.7. The summed E-state index contributed by atoms with van der Waals surface area (Å²) in [4.78, 5) is 19.0. The molecule has 0 atom stereocenters. The highest BCUT2D eigenvalue weighted by atomic mass is 19.1. The maximum Gasteiger partial charge on any atom is 0.306 e. The molecule has 0 bridgehead atoms. The highest BCUT2D eigenvalue weighted by Gasteiger charge is 2.16. The Morgan fingerprint density at radius 3 is 2.76 bits per heavy atom. The molecule has 0 aliphatic rings. The van der Waals surface area contributed by atoms with Gasteiger partial charge in [0.25, 0.3) is 5.89 Å². The van der Waals surface area contributed by atoms with Crippen LogP contribution in [0.1, 0.15) is 32.9 Å². The second kappa shape index (κ2) is 9.32. The van der Waals surface area contributed by atoms with Crippen LogP contribution in [-0.4, -0.2) is 33.8 Å². The average molecular weight is 452 g/mol. The number of hydrogen-bond acceptors (Lipinski definition) is 7. The third kappa shape index (κ3) is 4.97. The fraction of sp³-hybridized carbons (Fsp3) is 0.292. The van der Waals surface area contributed by atoms with Gasteiger partial charge in [0.1, 0.15) is 11.6 Å². The second-order valence-corrected chi connectivity index (χ2v) is 7.86. The number of hydrogen-bond donors (Lipinski definition) is 2. The molecular weight excluding hydrogens is 427 g/mol. The van der Waals surface area contributed by atoms with Crippen molar-refractivity contribution >= 4 is 22.6 Å². The van der Waals surface area contributed by atoms with E-state index in [1.807, 2.05) is 13.8 Å². The zero-order valence-corrected chi connectivity index (χ0v) is 18.6. The fourth-order valence-electron chi connectivity index (χ4n) is 3.49. The molecule has 0 aliphatic heterocycles. The number of nitrogens with zero attached hydrogens (tertiary/aromatic N) is 2. The summed E-state index contributed by atoms with van der Waals surface area (Å²) in [5.41, 5.74) is 8.72. The number of nitrogens with two attached hydrogens (primary N) is 1. The molecule has 4 aromatic rings. The van der Waals surface area contributed by atoms with E-state index < -0.39 is 5.82 Å². The van der Waals surface area contributed by atoms with Gasteiger partial charge in [-0.1, -0.05) is 5.16 Å². The number of nitrogen functional groups attached to an aromatic ring is 1. The molecule has 0 fully saturated rings. The van der Waals surface area contributed by atoms with Gasteiger partial charge in [-0.3, -0.25) is 4.79 Å². The third-order valence-electron chi connectivity index (χ3n) is 4.94. The number of carbonyl (C=O) groups excluding carboxylic acids is 1. The van der Waals surface area contributed by atoms with Crippen LogP contribution < -0.4 is 10.5 Å². The van der Waals surface area contributed by atoms with Gasteiger partial charge in [-0.25, -0.2) is 4.39 Å². The van der Waals surface area contributed by atoms with Gasteiger partial charge in [0.15, 0.2) is 0 Å². The zero-order chi connectivity index (χ0) is 23.5. The van der Waals surface area contributed by atoms with E-state index in [1.54, 1.807) is 37.3 Å². The van der Waals surface area contributed by atoms with E-state index in [-0.39, 0.29) is 30.2 Å². The Kier molecular flexibility index (Phi) is 6.30. The second-order valence-electron chi connectivity index (χ2n) is 7.86. The number of halogens is 1. The number of rotatable bonds is 8. The van der Waals surface area contributed by atoms with Gasteiger partial charge in [0.2, 0.25) is 5.82 Å². The largest absolute Gasteiger partial charge is 0.489 e. The number of carbonyl (C=O) groups is 1. The molecule has 0 saturated heterocycles. The van der Waals surface area contributed by atoms with Crippen molar-refractivity contribution in [1.29, 1.82) is 0 Å². The molecule has 0 spiro atoms. The topological polar surface area (TPSA) is 116 Å². The highest BCUT2D eigenvalue weighted by molar-refractivity contribution is 5.85. The number of anilines is 1. The van der Waals surface area contributed by atoms with Crippen molar-refractivity contribution in [2.45, 2.75) is 39.7 Å². The van der Waals surface area contributed by atoms with Crippen molar-refractivity contribution in [3.63, 3.8) is 0 Å². The number of aromatic nitrogens is 3. The van der Waals surface area contributed by atoms with Gasteiger partial charge in [-0.05, 0) is 63.6 Å². The molecule has 2 aromatic heterocycles. The number of H-pyrrole nitrogens is 1. The zero-order valence-electron chi connectivity index (χ0n) is 18.6. The van der Waals surface area contributed by atoms with Crippen molar-refractivity contribution in [1.82, 2.24) is 15.1 Å². The van der Waals surface area contributed by atoms with Crippen LogP contribution in [0.2, 0.25) is 0 Å². The lowest BCUT2D eigenvalue weighted by molar-refractivity contribution is -0.143. The first-order valence-electron chi connectivity index (χ1n) is 10.7. The first-order valence-corrected chi connectivity index (χ1v) is 10.7. The molecule has 9 heteroatoms. The van der Waals surface area contributed by atoms with Crippen LogP contribution in [0.5, 0.6) is 5.75 Å². The molecule has 8 nitrogen and oxygen atoms in total. The van der Waals surface area contributed by atoms with Crippen molar-refractivity contribution in [3.8, 4) is 28.6 Å². The average Bonchev–Trinajstić information content (AvgIpc) is 3.41. The van der Waals surface area contributed by atoms with E-state index in [1.165, 1.54) is 6.07 Å². The number of benzene rings is 2. The van der Waals surface area contributed by atoms with Gasteiger partial charge in [0.05, 0.1) is 30.3 Å². The molecule has 3 N–H and O–H groups in total. The van der Waals surface area contributed by atoms with Crippen molar-refractivity contribution in [2.75, 3.05) is 12.3 Å². The maximum atomic E-state index is 14.8. The summed E-state index contributed by atoms with van der Waals surface area (Å²) in [6.45, 7) is 5.92. The maximum absolute atomic E-state index is 14.8. The molecule has 0 saturated carbocycles. The number of aryl methyl sites for hydroxylation is 1. The molecule has 0 aliphatic carbocycles. The van der Waals surface area contributed by atoms with Crippen LogP contribution in [0.15, 0.2) is 40.9 Å². The number of nitrogens with one attached hydrogen (secondary N) is 1. The Labute approximate surface area is 189 Å². The quantitative estimate of drug-likeness (QED) is 0.289. The normalized spacial score (nSPS) is 11.3. The van der Waals surface area contributed by atoms with E-state index in [2.05, 4.69) is 15.1 Å². The van der Waals surface area contributed by atoms with Crippen LogP contribution in [0.25, 0.3) is 33.7 Å². The Bertz CT molecular complexity index is 1300. The Balaban J connectivity index is 1.57. The van der Waals surface area contributed by atoms with Gasteiger partial charge in [0, 0.05) is 22.2 Å². The van der Waals surface area contributed by atoms with Gasteiger partial charge in [-0.2, -0.15) is 4.98 Å². The third-order valence-corrected chi connectivity index (χ3v) is 4.94. The Morgan fingerprint density at radius 1 is 1.21 bits per heavy atom. The van der Waals surface area contributed by atoms with Crippen LogP contribution in [0.3, 0.4) is 0 Å². The van der Waals surface area contributed by atoms with E-state index in [4.69, 9.17) is 19.7 Å². The van der Waals surface area contributed by atoms with E-state index >= 15 is 0 Å². The molecule has 33 heavy (non-hydrogen) atoms. The van der Waals surface area contributed by atoms with Crippen LogP contribution in [0, 0.1) is 5.82 Å². The van der Waals surface area contributed by atoms with Crippen LogP contribution in [0.4, 0.5) is 10.1 Å². The smallest absolute Gasteiger partial charge is 0.306 e. The summed E-state index contributed by atoms with van der Waals surface area (Å²) in [5.74, 6) is 0.350. The lowest BCUT2D eigenvalue weighted by Crippen LogP contribution is -2.07. The van der Waals surface area contributed by atoms with E-state index in [9.17, 15) is 9.18 Å². The standard InChI is InChI=1S/C24H25FN4O4/c1-4-31-21(30)8-6-17-10-15-9-16(11-18(25)22(15)27-17)23-28-24(33-29-23)14-5-7-20(19(26)12-14)32-13(2)3/h5,7,9-13,27H,4,6,8,26H2,1-3H3.